The molecule has 6 unspecified atom stereocenters. The van der Waals surface area contributed by atoms with E-state index in [1.54, 1.807) is 0 Å². The Morgan fingerprint density at radius 2 is 1.12 bits per heavy atom. The number of allylic oxidation sites excluding steroid dienone is 6. The van der Waals surface area contributed by atoms with E-state index in [9.17, 15) is 28.5 Å². The molecule has 0 aliphatic carbocycles. The fourth-order valence-corrected chi connectivity index (χ4v) is 7.44. The predicted molar refractivity (Wildman–Crippen MR) is 234 cm³/mol. The average Bonchev–Trinajstić information content (AvgIpc) is 3.20. The Morgan fingerprint density at radius 3 is 1.66 bits per heavy atom. The minimum atomic E-state index is -5.06. The monoisotopic (exact) mass is 861 g/mol. The molecule has 0 aromatic rings. The maximum Gasteiger partial charge on any atom is 0.397 e. The Bertz CT molecular complexity index is 1180. The maximum atomic E-state index is 12.8. The Balaban J connectivity index is 2.44. The normalized spacial score (nSPS) is 20.7. The molecular formula is C46H84O12S. The SMILES string of the molecule is CCCCC/C=C\C/C=C\CCCCCCCCOCC(COC1OC(CO)C(O)C(OS(=O)(=O)O)C1O)OC(=O)CCCCCCC/C=C\CCCCCCCCC. The third-order valence-corrected chi connectivity index (χ3v) is 11.0. The van der Waals surface area contributed by atoms with Gasteiger partial charge in [-0.3, -0.25) is 9.35 Å². The van der Waals surface area contributed by atoms with Gasteiger partial charge in [-0.05, 0) is 70.6 Å². The summed E-state index contributed by atoms with van der Waals surface area (Å²) in [5.41, 5.74) is 0. The molecule has 0 aromatic heterocycles. The highest BCUT2D eigenvalue weighted by molar-refractivity contribution is 7.80. The van der Waals surface area contributed by atoms with Crippen LogP contribution in [0.25, 0.3) is 0 Å². The van der Waals surface area contributed by atoms with Crippen molar-refractivity contribution in [3.8, 4) is 0 Å². The van der Waals surface area contributed by atoms with Crippen LogP contribution in [-0.2, 0) is 38.3 Å². The summed E-state index contributed by atoms with van der Waals surface area (Å²) >= 11 is 0. The smallest absolute Gasteiger partial charge is 0.397 e. The number of aliphatic hydroxyl groups excluding tert-OH is 3. The number of hydrogen-bond acceptors (Lipinski definition) is 11. The van der Waals surface area contributed by atoms with Crippen LogP contribution in [0.4, 0.5) is 0 Å². The topological polar surface area (TPSA) is 178 Å². The Morgan fingerprint density at radius 1 is 0.644 bits per heavy atom. The second-order valence-electron chi connectivity index (χ2n) is 16.0. The van der Waals surface area contributed by atoms with E-state index in [4.69, 9.17) is 23.5 Å². The molecule has 0 amide bonds. The van der Waals surface area contributed by atoms with Crippen molar-refractivity contribution in [1.29, 1.82) is 0 Å². The van der Waals surface area contributed by atoms with Crippen LogP contribution in [-0.4, -0.2) is 97.5 Å². The van der Waals surface area contributed by atoms with Gasteiger partial charge in [0, 0.05) is 13.0 Å². The van der Waals surface area contributed by atoms with Gasteiger partial charge in [-0.25, -0.2) is 4.18 Å². The van der Waals surface area contributed by atoms with Gasteiger partial charge in [0.1, 0.15) is 30.5 Å². The molecule has 1 aliphatic rings. The van der Waals surface area contributed by atoms with Gasteiger partial charge in [0.05, 0.1) is 19.8 Å². The third kappa shape index (κ3) is 31.8. The van der Waals surface area contributed by atoms with Gasteiger partial charge in [-0.15, -0.1) is 0 Å². The highest BCUT2D eigenvalue weighted by Gasteiger charge is 2.48. The molecule has 0 spiro atoms. The quantitative estimate of drug-likeness (QED) is 0.0199. The van der Waals surface area contributed by atoms with Crippen LogP contribution in [0.3, 0.4) is 0 Å². The molecule has 12 nitrogen and oxygen atoms in total. The summed E-state index contributed by atoms with van der Waals surface area (Å²) in [5.74, 6) is -0.412. The lowest BCUT2D eigenvalue weighted by atomic mass is 9.99. The molecule has 1 rings (SSSR count). The first kappa shape index (κ1) is 55.3. The van der Waals surface area contributed by atoms with Gasteiger partial charge in [-0.1, -0.05) is 147 Å². The van der Waals surface area contributed by atoms with Crippen molar-refractivity contribution in [2.75, 3.05) is 26.4 Å². The van der Waals surface area contributed by atoms with Crippen LogP contribution in [0.2, 0.25) is 0 Å². The first-order valence-corrected chi connectivity index (χ1v) is 24.6. The van der Waals surface area contributed by atoms with Crippen LogP contribution < -0.4 is 0 Å². The molecule has 0 bridgehead atoms. The molecule has 1 heterocycles. The highest BCUT2D eigenvalue weighted by atomic mass is 32.3. The zero-order valence-electron chi connectivity index (χ0n) is 36.8. The van der Waals surface area contributed by atoms with Crippen LogP contribution in [0.15, 0.2) is 36.5 Å². The molecule has 59 heavy (non-hydrogen) atoms. The van der Waals surface area contributed by atoms with E-state index >= 15 is 0 Å². The van der Waals surface area contributed by atoms with E-state index in [0.717, 1.165) is 77.0 Å². The molecule has 0 aromatic carbocycles. The van der Waals surface area contributed by atoms with Crippen molar-refractivity contribution in [2.24, 2.45) is 0 Å². The lowest BCUT2D eigenvalue weighted by Gasteiger charge is -2.41. The van der Waals surface area contributed by atoms with Gasteiger partial charge in [0.2, 0.25) is 0 Å². The number of carbonyl (C=O) groups excluding carboxylic acids is 1. The number of esters is 1. The summed E-state index contributed by atoms with van der Waals surface area (Å²) in [6, 6.07) is 0. The summed E-state index contributed by atoms with van der Waals surface area (Å²) in [7, 11) is -5.06. The number of carbonyl (C=O) groups is 1. The minimum absolute atomic E-state index is 0.0261. The van der Waals surface area contributed by atoms with Crippen molar-refractivity contribution in [3.63, 3.8) is 0 Å². The fraction of sp³-hybridized carbons (Fsp3) is 0.848. The Kier molecular flexibility index (Phi) is 35.7. The van der Waals surface area contributed by atoms with E-state index in [1.165, 1.54) is 83.5 Å². The lowest BCUT2D eigenvalue weighted by Crippen LogP contribution is -2.60. The molecule has 4 N–H and O–H groups in total. The number of ether oxygens (including phenoxy) is 4. The Hall–Kier alpha value is -1.68. The third-order valence-electron chi connectivity index (χ3n) is 10.5. The van der Waals surface area contributed by atoms with Crippen LogP contribution >= 0.6 is 0 Å². The first-order valence-electron chi connectivity index (χ1n) is 23.2. The maximum absolute atomic E-state index is 12.8. The molecule has 1 saturated heterocycles. The fourth-order valence-electron chi connectivity index (χ4n) is 6.93. The second kappa shape index (κ2) is 38.0. The van der Waals surface area contributed by atoms with Gasteiger partial charge in [0.25, 0.3) is 0 Å². The van der Waals surface area contributed by atoms with Gasteiger partial charge >= 0.3 is 16.4 Å². The summed E-state index contributed by atoms with van der Waals surface area (Å²) in [5, 5.41) is 30.7. The van der Waals surface area contributed by atoms with Gasteiger partial charge in [0.15, 0.2) is 6.29 Å². The summed E-state index contributed by atoms with van der Waals surface area (Å²) in [6.07, 6.45) is 34.6. The van der Waals surface area contributed by atoms with E-state index in [0.29, 0.717) is 13.0 Å². The lowest BCUT2D eigenvalue weighted by molar-refractivity contribution is -0.301. The zero-order chi connectivity index (χ0) is 43.2. The number of rotatable bonds is 40. The van der Waals surface area contributed by atoms with Crippen molar-refractivity contribution in [1.82, 2.24) is 0 Å². The van der Waals surface area contributed by atoms with Crippen molar-refractivity contribution >= 4 is 16.4 Å². The first-order chi connectivity index (χ1) is 28.6. The number of hydrogen-bond donors (Lipinski definition) is 4. The molecule has 1 fully saturated rings. The Labute approximate surface area is 358 Å². The molecule has 0 radical (unpaired) electrons. The van der Waals surface area contributed by atoms with Crippen LogP contribution in [0, 0.1) is 0 Å². The summed E-state index contributed by atoms with van der Waals surface area (Å²) in [4.78, 5) is 12.8. The summed E-state index contributed by atoms with van der Waals surface area (Å²) < 4.78 is 59.1. The largest absolute Gasteiger partial charge is 0.457 e. The van der Waals surface area contributed by atoms with Crippen molar-refractivity contribution in [3.05, 3.63) is 36.5 Å². The molecule has 0 saturated carbocycles. The van der Waals surface area contributed by atoms with Gasteiger partial charge in [-0.2, -0.15) is 8.42 Å². The van der Waals surface area contributed by atoms with Crippen LogP contribution in [0.5, 0.6) is 0 Å². The highest BCUT2D eigenvalue weighted by Crippen LogP contribution is 2.26. The second-order valence-corrected chi connectivity index (χ2v) is 17.0. The predicted octanol–water partition coefficient (Wildman–Crippen LogP) is 9.80. The molecule has 346 valence electrons. The van der Waals surface area contributed by atoms with E-state index in [-0.39, 0.29) is 19.6 Å². The molecule has 6 atom stereocenters. The standard InChI is InChI=1S/C46H84O12S/c1-3-5-7-9-11-13-15-17-19-21-23-25-27-29-31-33-35-42(48)56-40(39-55-46-44(50)45(58-59(51,52)53)43(49)41(37-47)57-46)38-54-36-34-32-30-28-26-24-22-20-18-16-14-12-10-8-6-4-2/h12,14,18-21,40-41,43-47,49-50H,3-11,13,15-17,22-39H2,1-2H3,(H,51,52,53)/b14-12-,20-18-,21-19-. The molecule has 1 aliphatic heterocycles. The number of aliphatic hydroxyl groups is 3. The van der Waals surface area contributed by atoms with Crippen molar-refractivity contribution < 1.29 is 56.2 Å². The molecule has 13 heteroatoms. The van der Waals surface area contributed by atoms with E-state index in [2.05, 4.69) is 54.5 Å². The molecular weight excluding hydrogens is 777 g/mol. The average molecular weight is 861 g/mol. The van der Waals surface area contributed by atoms with Crippen LogP contribution in [0.1, 0.15) is 187 Å². The van der Waals surface area contributed by atoms with Gasteiger partial charge < -0.3 is 34.3 Å². The van der Waals surface area contributed by atoms with E-state index in [1.807, 2.05) is 0 Å². The summed E-state index contributed by atoms with van der Waals surface area (Å²) in [6.45, 7) is 3.93. The number of unbranched alkanes of at least 4 members (excludes halogenated alkanes) is 21. The zero-order valence-corrected chi connectivity index (χ0v) is 37.6. The van der Waals surface area contributed by atoms with E-state index < -0.39 is 59.8 Å². The van der Waals surface area contributed by atoms with Crippen molar-refractivity contribution in [2.45, 2.75) is 224 Å². The minimum Gasteiger partial charge on any atom is -0.457 e.